The van der Waals surface area contributed by atoms with E-state index in [1.54, 1.807) is 0 Å². The first kappa shape index (κ1) is 37.5. The Morgan fingerprint density at radius 1 is 0.354 bits per heavy atom. The lowest BCUT2D eigenvalue weighted by Crippen LogP contribution is -2.16. The fourth-order valence-corrected chi connectivity index (χ4v) is 10.8. The molecule has 0 N–H and O–H groups in total. The van der Waals surface area contributed by atoms with E-state index in [1.807, 2.05) is 24.3 Å². The van der Waals surface area contributed by atoms with Gasteiger partial charge in [-0.1, -0.05) is 129 Å². The molecular formula is C61H44N2O2. The highest BCUT2D eigenvalue weighted by atomic mass is 16.5. The number of rotatable bonds is 4. The second-order valence-electron chi connectivity index (χ2n) is 18.2. The molecular weight excluding hydrogens is 793 g/mol. The summed E-state index contributed by atoms with van der Waals surface area (Å²) in [5, 5.41) is 4.76. The monoisotopic (exact) mass is 836 g/mol. The molecule has 4 nitrogen and oxygen atoms in total. The smallest absolute Gasteiger partial charge is 0.151 e. The quantitative estimate of drug-likeness (QED) is 0.165. The molecule has 0 radical (unpaired) electrons. The van der Waals surface area contributed by atoms with Crippen LogP contribution in [0.3, 0.4) is 0 Å². The molecule has 1 aliphatic carbocycles. The molecule has 10 aromatic carbocycles. The van der Waals surface area contributed by atoms with E-state index < -0.39 is 0 Å². The van der Waals surface area contributed by atoms with Gasteiger partial charge < -0.3 is 19.3 Å². The number of nitrogens with zero attached hydrogens (tertiary/aromatic N) is 2. The van der Waals surface area contributed by atoms with Crippen LogP contribution in [-0.4, -0.2) is 0 Å². The normalized spacial score (nSPS) is 13.8. The van der Waals surface area contributed by atoms with Crippen molar-refractivity contribution in [3.05, 3.63) is 216 Å². The Hall–Kier alpha value is -8.08. The zero-order chi connectivity index (χ0) is 43.6. The standard InChI is InChI=1S/C61H44N2O2/c1-37-25-26-39(33-38(37)2)59-45-31-28-42(63-53-19-9-13-23-57(53)65-58-24-14-10-20-54(58)63)36-48(45)60(40-27-30-44-43-15-5-6-16-49(43)61(3,4)50(44)34-40)46-32-29-41(35-47(46)59)62-51-17-7-11-21-55(51)64-56-22-12-8-18-52(56)62/h5-36H,1-4H3. The first-order chi connectivity index (χ1) is 31.8. The van der Waals surface area contributed by atoms with Crippen LogP contribution >= 0.6 is 0 Å². The first-order valence-electron chi connectivity index (χ1n) is 22.5. The van der Waals surface area contributed by atoms with Gasteiger partial charge in [-0.25, -0.2) is 0 Å². The fraction of sp³-hybridized carbons (Fsp3) is 0.0820. The Bertz CT molecular complexity index is 3550. The van der Waals surface area contributed by atoms with Crippen LogP contribution in [0, 0.1) is 13.8 Å². The van der Waals surface area contributed by atoms with E-state index in [0.717, 1.165) is 57.1 Å². The average molecular weight is 837 g/mol. The zero-order valence-corrected chi connectivity index (χ0v) is 36.7. The molecule has 13 rings (SSSR count). The van der Waals surface area contributed by atoms with Crippen molar-refractivity contribution < 1.29 is 9.47 Å². The van der Waals surface area contributed by atoms with Gasteiger partial charge in [0.15, 0.2) is 23.0 Å². The van der Waals surface area contributed by atoms with Crippen molar-refractivity contribution in [2.75, 3.05) is 9.80 Å². The predicted molar refractivity (Wildman–Crippen MR) is 269 cm³/mol. The number of hydrogen-bond acceptors (Lipinski definition) is 4. The maximum absolute atomic E-state index is 6.51. The summed E-state index contributed by atoms with van der Waals surface area (Å²) in [5.74, 6) is 3.33. The molecule has 10 aromatic rings. The zero-order valence-electron chi connectivity index (χ0n) is 36.7. The molecule has 2 aliphatic heterocycles. The van der Waals surface area contributed by atoms with Crippen molar-refractivity contribution in [1.82, 2.24) is 0 Å². The highest BCUT2D eigenvalue weighted by molar-refractivity contribution is 6.23. The Labute approximate surface area is 379 Å². The molecule has 0 fully saturated rings. The number of fused-ring (bicyclic) bond motifs is 9. The van der Waals surface area contributed by atoms with Crippen LogP contribution in [0.15, 0.2) is 194 Å². The largest absolute Gasteiger partial charge is 0.453 e. The maximum atomic E-state index is 6.51. The van der Waals surface area contributed by atoms with Gasteiger partial charge in [-0.2, -0.15) is 0 Å². The highest BCUT2D eigenvalue weighted by Gasteiger charge is 2.36. The van der Waals surface area contributed by atoms with Crippen molar-refractivity contribution in [3.63, 3.8) is 0 Å². The molecule has 3 aliphatic rings. The van der Waals surface area contributed by atoms with Crippen molar-refractivity contribution >= 4 is 55.7 Å². The van der Waals surface area contributed by atoms with Gasteiger partial charge in [0.1, 0.15) is 0 Å². The average Bonchev–Trinajstić information content (AvgIpc) is 3.57. The maximum Gasteiger partial charge on any atom is 0.151 e. The van der Waals surface area contributed by atoms with Crippen molar-refractivity contribution in [2.24, 2.45) is 0 Å². The summed E-state index contributed by atoms with van der Waals surface area (Å²) in [5.41, 5.74) is 18.7. The lowest BCUT2D eigenvalue weighted by atomic mass is 9.80. The second kappa shape index (κ2) is 14.0. The van der Waals surface area contributed by atoms with Gasteiger partial charge in [-0.3, -0.25) is 0 Å². The van der Waals surface area contributed by atoms with E-state index in [2.05, 4.69) is 207 Å². The van der Waals surface area contributed by atoms with Crippen molar-refractivity contribution in [3.8, 4) is 56.4 Å². The molecule has 0 saturated carbocycles. The van der Waals surface area contributed by atoms with Gasteiger partial charge in [0.2, 0.25) is 0 Å². The molecule has 0 unspecified atom stereocenters. The number of para-hydroxylation sites is 8. The second-order valence-corrected chi connectivity index (χ2v) is 18.2. The highest BCUT2D eigenvalue weighted by Crippen LogP contribution is 2.56. The lowest BCUT2D eigenvalue weighted by Gasteiger charge is -2.33. The van der Waals surface area contributed by atoms with Crippen LogP contribution in [0.5, 0.6) is 23.0 Å². The lowest BCUT2D eigenvalue weighted by molar-refractivity contribution is 0.477. The summed E-state index contributed by atoms with van der Waals surface area (Å²) in [6.07, 6.45) is 0. The molecule has 0 spiro atoms. The minimum absolute atomic E-state index is 0.163. The Kier molecular flexibility index (Phi) is 8.05. The number of benzene rings is 10. The third kappa shape index (κ3) is 5.57. The van der Waals surface area contributed by atoms with Crippen LogP contribution in [0.1, 0.15) is 36.1 Å². The van der Waals surface area contributed by atoms with Gasteiger partial charge in [-0.15, -0.1) is 0 Å². The van der Waals surface area contributed by atoms with Gasteiger partial charge in [-0.05, 0) is 170 Å². The Morgan fingerprint density at radius 3 is 1.29 bits per heavy atom. The Morgan fingerprint density at radius 2 is 0.785 bits per heavy atom. The van der Waals surface area contributed by atoms with Crippen molar-refractivity contribution in [2.45, 2.75) is 33.1 Å². The number of ether oxygens (including phenoxy) is 2. The number of aryl methyl sites for hydroxylation is 2. The fourth-order valence-electron chi connectivity index (χ4n) is 10.8. The summed E-state index contributed by atoms with van der Waals surface area (Å²) in [6, 6.07) is 70.6. The molecule has 0 amide bonds. The van der Waals surface area contributed by atoms with Gasteiger partial charge in [0.25, 0.3) is 0 Å². The topological polar surface area (TPSA) is 24.9 Å². The summed E-state index contributed by atoms with van der Waals surface area (Å²) in [4.78, 5) is 4.71. The third-order valence-corrected chi connectivity index (χ3v) is 14.1. The Balaban J connectivity index is 1.14. The van der Waals surface area contributed by atoms with Crippen molar-refractivity contribution in [1.29, 1.82) is 0 Å². The van der Waals surface area contributed by atoms with E-state index in [4.69, 9.17) is 9.47 Å². The van der Waals surface area contributed by atoms with E-state index in [9.17, 15) is 0 Å². The molecule has 4 heteroatoms. The minimum atomic E-state index is -0.163. The first-order valence-corrected chi connectivity index (χ1v) is 22.5. The van der Waals surface area contributed by atoms with E-state index in [-0.39, 0.29) is 5.41 Å². The SMILES string of the molecule is Cc1ccc(-c2c3ccc(N4c5ccccc5Oc5ccccc54)cc3c(-c3ccc4c(c3)C(C)(C)c3ccccc3-4)c3ccc(N4c5ccccc5Oc5ccccc54)cc23)cc1C. The van der Waals surface area contributed by atoms with Gasteiger partial charge >= 0.3 is 0 Å². The molecule has 0 atom stereocenters. The van der Waals surface area contributed by atoms with Gasteiger partial charge in [0.05, 0.1) is 22.7 Å². The van der Waals surface area contributed by atoms with Gasteiger partial charge in [0, 0.05) is 16.8 Å². The van der Waals surface area contributed by atoms with E-state index in [0.29, 0.717) is 0 Å². The van der Waals surface area contributed by atoms with Crippen LogP contribution in [-0.2, 0) is 5.41 Å². The van der Waals surface area contributed by atoms with E-state index in [1.165, 1.54) is 77.2 Å². The van der Waals surface area contributed by atoms with Crippen LogP contribution < -0.4 is 19.3 Å². The summed E-state index contributed by atoms with van der Waals surface area (Å²) in [7, 11) is 0. The van der Waals surface area contributed by atoms with Crippen LogP contribution in [0.25, 0.3) is 54.9 Å². The summed E-state index contributed by atoms with van der Waals surface area (Å²) in [6.45, 7) is 9.16. The van der Waals surface area contributed by atoms with Crippen LogP contribution in [0.4, 0.5) is 34.1 Å². The third-order valence-electron chi connectivity index (χ3n) is 14.1. The molecule has 0 aromatic heterocycles. The van der Waals surface area contributed by atoms with E-state index >= 15 is 0 Å². The minimum Gasteiger partial charge on any atom is -0.453 e. The number of hydrogen-bond donors (Lipinski definition) is 0. The molecule has 310 valence electrons. The van der Waals surface area contributed by atoms with Crippen LogP contribution in [0.2, 0.25) is 0 Å². The molecule has 0 bridgehead atoms. The summed E-state index contributed by atoms with van der Waals surface area (Å²) < 4.78 is 13.0. The predicted octanol–water partition coefficient (Wildman–Crippen LogP) is 17.4. The molecule has 0 saturated heterocycles. The summed E-state index contributed by atoms with van der Waals surface area (Å²) >= 11 is 0. The number of anilines is 6. The molecule has 2 heterocycles. The molecule has 65 heavy (non-hydrogen) atoms.